The monoisotopic (exact) mass is 259 g/mol. The molecule has 82 valence electrons. The SMILES string of the molecule is Clc1ccc(SSN2CCCCC2)cc1. The van der Waals surface area contributed by atoms with Crippen molar-refractivity contribution in [3.8, 4) is 0 Å². The fourth-order valence-electron chi connectivity index (χ4n) is 1.53. The highest BCUT2D eigenvalue weighted by molar-refractivity contribution is 8.75. The summed E-state index contributed by atoms with van der Waals surface area (Å²) in [5, 5.41) is 0.808. The second kappa shape index (κ2) is 6.04. The topological polar surface area (TPSA) is 3.24 Å². The van der Waals surface area contributed by atoms with Crippen LogP contribution in [0.25, 0.3) is 0 Å². The average Bonchev–Trinajstić information content (AvgIpc) is 2.30. The Bertz CT molecular complexity index is 296. The van der Waals surface area contributed by atoms with Gasteiger partial charge in [-0.25, -0.2) is 4.31 Å². The van der Waals surface area contributed by atoms with Crippen molar-refractivity contribution in [2.75, 3.05) is 13.1 Å². The molecular formula is C11H14ClNS2. The summed E-state index contributed by atoms with van der Waals surface area (Å²) in [4.78, 5) is 1.27. The molecule has 0 radical (unpaired) electrons. The van der Waals surface area contributed by atoms with Gasteiger partial charge in [-0.1, -0.05) is 18.0 Å². The standard InChI is InChI=1S/C11H14ClNS2/c12-10-4-6-11(7-5-10)14-15-13-8-2-1-3-9-13/h4-7H,1-3,8-9H2. The van der Waals surface area contributed by atoms with E-state index in [9.17, 15) is 0 Å². The summed E-state index contributed by atoms with van der Waals surface area (Å²) < 4.78 is 2.45. The van der Waals surface area contributed by atoms with E-state index in [1.165, 1.54) is 37.2 Å². The van der Waals surface area contributed by atoms with Gasteiger partial charge in [0.25, 0.3) is 0 Å². The van der Waals surface area contributed by atoms with Gasteiger partial charge in [-0.2, -0.15) is 0 Å². The lowest BCUT2D eigenvalue weighted by atomic mass is 10.2. The Morgan fingerprint density at radius 2 is 1.67 bits per heavy atom. The van der Waals surface area contributed by atoms with E-state index in [1.807, 2.05) is 33.9 Å². The molecule has 0 aliphatic carbocycles. The smallest absolute Gasteiger partial charge is 0.0406 e. The number of nitrogens with zero attached hydrogens (tertiary/aromatic N) is 1. The second-order valence-electron chi connectivity index (χ2n) is 3.60. The zero-order valence-corrected chi connectivity index (χ0v) is 10.9. The van der Waals surface area contributed by atoms with Crippen LogP contribution in [0.3, 0.4) is 0 Å². The lowest BCUT2D eigenvalue weighted by Crippen LogP contribution is -2.21. The molecule has 1 aliphatic rings. The minimum absolute atomic E-state index is 0.808. The molecule has 1 aromatic rings. The highest BCUT2D eigenvalue weighted by atomic mass is 35.5. The number of hydrogen-bond donors (Lipinski definition) is 0. The van der Waals surface area contributed by atoms with Crippen LogP contribution in [0.2, 0.25) is 5.02 Å². The maximum absolute atomic E-state index is 5.83. The molecule has 1 fully saturated rings. The summed E-state index contributed by atoms with van der Waals surface area (Å²) in [5.74, 6) is 0. The van der Waals surface area contributed by atoms with Gasteiger partial charge in [0.2, 0.25) is 0 Å². The minimum Gasteiger partial charge on any atom is -0.241 e. The molecule has 2 rings (SSSR count). The molecular weight excluding hydrogens is 246 g/mol. The van der Waals surface area contributed by atoms with Crippen molar-refractivity contribution < 1.29 is 0 Å². The Morgan fingerprint density at radius 1 is 1.00 bits per heavy atom. The molecule has 0 saturated carbocycles. The highest BCUT2D eigenvalue weighted by Gasteiger charge is 2.10. The van der Waals surface area contributed by atoms with Gasteiger partial charge in [0, 0.05) is 23.0 Å². The first-order chi connectivity index (χ1) is 7.34. The van der Waals surface area contributed by atoms with E-state index >= 15 is 0 Å². The summed E-state index contributed by atoms with van der Waals surface area (Å²) in [7, 11) is 3.68. The Balaban J connectivity index is 1.79. The molecule has 0 atom stereocenters. The third-order valence-corrected chi connectivity index (χ3v) is 5.17. The third kappa shape index (κ3) is 3.91. The van der Waals surface area contributed by atoms with Crippen molar-refractivity contribution >= 4 is 33.4 Å². The molecule has 0 bridgehead atoms. The van der Waals surface area contributed by atoms with E-state index < -0.39 is 0 Å². The zero-order valence-electron chi connectivity index (χ0n) is 8.49. The van der Waals surface area contributed by atoms with Gasteiger partial charge in [-0.05, 0) is 58.9 Å². The van der Waals surface area contributed by atoms with Crippen molar-refractivity contribution in [2.24, 2.45) is 0 Å². The lowest BCUT2D eigenvalue weighted by Gasteiger charge is -2.24. The zero-order chi connectivity index (χ0) is 10.5. The van der Waals surface area contributed by atoms with Gasteiger partial charge in [-0.3, -0.25) is 0 Å². The summed E-state index contributed by atoms with van der Waals surface area (Å²) in [6.07, 6.45) is 4.07. The molecule has 0 unspecified atom stereocenters. The van der Waals surface area contributed by atoms with E-state index in [2.05, 4.69) is 16.4 Å². The van der Waals surface area contributed by atoms with Crippen LogP contribution in [-0.4, -0.2) is 17.4 Å². The van der Waals surface area contributed by atoms with Gasteiger partial charge < -0.3 is 0 Å². The van der Waals surface area contributed by atoms with E-state index in [4.69, 9.17) is 11.6 Å². The van der Waals surface area contributed by atoms with Crippen molar-refractivity contribution in [1.82, 2.24) is 4.31 Å². The molecule has 0 aromatic heterocycles. The van der Waals surface area contributed by atoms with Crippen LogP contribution >= 0.6 is 33.4 Å². The van der Waals surface area contributed by atoms with Crippen LogP contribution in [-0.2, 0) is 0 Å². The van der Waals surface area contributed by atoms with E-state index in [-0.39, 0.29) is 0 Å². The van der Waals surface area contributed by atoms with Gasteiger partial charge in [0.05, 0.1) is 0 Å². The van der Waals surface area contributed by atoms with Crippen LogP contribution in [0.15, 0.2) is 29.2 Å². The second-order valence-corrected chi connectivity index (χ2v) is 6.29. The normalized spacial score (nSPS) is 17.9. The predicted octanol–water partition coefficient (Wildman–Crippen LogP) is 4.48. The van der Waals surface area contributed by atoms with Crippen molar-refractivity contribution in [3.63, 3.8) is 0 Å². The van der Waals surface area contributed by atoms with Gasteiger partial charge >= 0.3 is 0 Å². The van der Waals surface area contributed by atoms with Crippen LogP contribution in [0, 0.1) is 0 Å². The molecule has 1 nitrogen and oxygen atoms in total. The lowest BCUT2D eigenvalue weighted by molar-refractivity contribution is 0.384. The van der Waals surface area contributed by atoms with Crippen LogP contribution in [0.1, 0.15) is 19.3 Å². The van der Waals surface area contributed by atoms with Crippen LogP contribution in [0.4, 0.5) is 0 Å². The van der Waals surface area contributed by atoms with Crippen LogP contribution < -0.4 is 0 Å². The quantitative estimate of drug-likeness (QED) is 0.582. The van der Waals surface area contributed by atoms with Gasteiger partial charge in [0.1, 0.15) is 0 Å². The molecule has 1 aliphatic heterocycles. The van der Waals surface area contributed by atoms with Gasteiger partial charge in [0.15, 0.2) is 0 Å². The highest BCUT2D eigenvalue weighted by Crippen LogP contribution is 2.35. The van der Waals surface area contributed by atoms with Crippen molar-refractivity contribution in [1.29, 1.82) is 0 Å². The maximum Gasteiger partial charge on any atom is 0.0406 e. The van der Waals surface area contributed by atoms with E-state index in [0.717, 1.165) is 5.02 Å². The fourth-order valence-corrected chi connectivity index (χ4v) is 3.85. The first-order valence-corrected chi connectivity index (χ1v) is 7.68. The largest absolute Gasteiger partial charge is 0.241 e. The molecule has 1 saturated heterocycles. The molecule has 1 heterocycles. The molecule has 1 aromatic carbocycles. The fraction of sp³-hybridized carbons (Fsp3) is 0.455. The minimum atomic E-state index is 0.808. The Kier molecular flexibility index (Phi) is 4.69. The number of piperidine rings is 1. The molecule has 0 N–H and O–H groups in total. The number of halogens is 1. The first-order valence-electron chi connectivity index (χ1n) is 5.20. The predicted molar refractivity (Wildman–Crippen MR) is 70.3 cm³/mol. The Morgan fingerprint density at radius 3 is 2.33 bits per heavy atom. The number of hydrogen-bond acceptors (Lipinski definition) is 3. The maximum atomic E-state index is 5.83. The Labute approximate surface area is 104 Å². The van der Waals surface area contributed by atoms with Crippen molar-refractivity contribution in [3.05, 3.63) is 29.3 Å². The first kappa shape index (κ1) is 11.6. The molecule has 4 heteroatoms. The van der Waals surface area contributed by atoms with Crippen LogP contribution in [0.5, 0.6) is 0 Å². The van der Waals surface area contributed by atoms with E-state index in [1.54, 1.807) is 0 Å². The molecule has 0 amide bonds. The molecule has 15 heavy (non-hydrogen) atoms. The summed E-state index contributed by atoms with van der Waals surface area (Å²) in [6.45, 7) is 2.45. The molecule has 0 spiro atoms. The van der Waals surface area contributed by atoms with Gasteiger partial charge in [-0.15, -0.1) is 0 Å². The summed E-state index contributed by atoms with van der Waals surface area (Å²) in [6, 6.07) is 8.04. The summed E-state index contributed by atoms with van der Waals surface area (Å²) >= 11 is 5.83. The van der Waals surface area contributed by atoms with Crippen molar-refractivity contribution in [2.45, 2.75) is 24.2 Å². The average molecular weight is 260 g/mol. The summed E-state index contributed by atoms with van der Waals surface area (Å²) in [5.41, 5.74) is 0. The number of rotatable bonds is 3. The third-order valence-electron chi connectivity index (χ3n) is 2.37. The van der Waals surface area contributed by atoms with E-state index in [0.29, 0.717) is 0 Å². The Hall–Kier alpha value is 0.170. The number of benzene rings is 1.